The molecule has 0 bridgehead atoms. The van der Waals surface area contributed by atoms with Gasteiger partial charge in [0.2, 0.25) is 13.9 Å². The van der Waals surface area contributed by atoms with Gasteiger partial charge in [0.1, 0.15) is 12.4 Å². The largest absolute Gasteiger partial charge is 0.404 e. The topological polar surface area (TPSA) is 66.4 Å². The van der Waals surface area contributed by atoms with Crippen LogP contribution in [0.25, 0.3) is 0 Å². The fourth-order valence-electron chi connectivity index (χ4n) is 0.736. The third-order valence-electron chi connectivity index (χ3n) is 1.57. The van der Waals surface area contributed by atoms with Crippen molar-refractivity contribution < 1.29 is 14.7 Å². The fourth-order valence-corrected chi connectivity index (χ4v) is 0.736. The second-order valence-electron chi connectivity index (χ2n) is 2.27. The van der Waals surface area contributed by atoms with E-state index in [0.29, 0.717) is 12.7 Å². The first-order valence-electron chi connectivity index (χ1n) is 3.52. The molecule has 0 aliphatic heterocycles. The number of hydrogen-bond acceptors (Lipinski definition) is 3. The average Bonchev–Trinajstić information content (AvgIpc) is 2.05. The Morgan fingerprint density at radius 3 is 2.64 bits per heavy atom. The van der Waals surface area contributed by atoms with Crippen LogP contribution in [0.5, 0.6) is 0 Å². The van der Waals surface area contributed by atoms with Crippen LogP contribution < -0.4 is 5.23 Å². The Labute approximate surface area is 66.4 Å². The van der Waals surface area contributed by atoms with E-state index in [2.05, 4.69) is 5.23 Å². The van der Waals surface area contributed by atoms with E-state index in [-0.39, 0.29) is 0 Å². The van der Waals surface area contributed by atoms with Crippen molar-refractivity contribution in [2.24, 2.45) is 5.92 Å². The van der Waals surface area contributed by atoms with Crippen LogP contribution in [0.4, 0.5) is 0 Å². The standard InChI is InChI=1S/C6H12BNO3/c1-2-4(3-9)5(10)6(11)8-7/h3-5,10H,2,7H2,1H3,(H,8,11). The van der Waals surface area contributed by atoms with E-state index in [1.165, 1.54) is 7.98 Å². The molecule has 2 atom stereocenters. The first-order valence-corrected chi connectivity index (χ1v) is 3.52. The molecule has 62 valence electrons. The quantitative estimate of drug-likeness (QED) is 0.375. The van der Waals surface area contributed by atoms with Crippen LogP contribution in [-0.2, 0) is 9.59 Å². The maximum atomic E-state index is 10.8. The molecule has 0 radical (unpaired) electrons. The van der Waals surface area contributed by atoms with E-state index in [4.69, 9.17) is 5.11 Å². The normalized spacial score (nSPS) is 15.1. The predicted molar refractivity (Wildman–Crippen MR) is 42.5 cm³/mol. The predicted octanol–water partition coefficient (Wildman–Crippen LogP) is -1.76. The molecule has 1 amide bonds. The molecule has 0 aromatic carbocycles. The summed E-state index contributed by atoms with van der Waals surface area (Å²) in [5, 5.41) is 11.4. The SMILES string of the molecule is BNC(=O)C(O)C(C=O)CC. The van der Waals surface area contributed by atoms with Gasteiger partial charge >= 0.3 is 0 Å². The van der Waals surface area contributed by atoms with E-state index in [1.807, 2.05) is 0 Å². The molecule has 0 aliphatic rings. The molecule has 2 unspecified atom stereocenters. The number of nitrogens with one attached hydrogen (secondary N) is 1. The molecule has 0 aliphatic carbocycles. The lowest BCUT2D eigenvalue weighted by molar-refractivity contribution is -0.133. The number of carbonyl (C=O) groups is 2. The summed E-state index contributed by atoms with van der Waals surface area (Å²) < 4.78 is 0. The van der Waals surface area contributed by atoms with Crippen molar-refractivity contribution in [2.45, 2.75) is 19.4 Å². The number of hydrogen-bond donors (Lipinski definition) is 2. The highest BCUT2D eigenvalue weighted by atomic mass is 16.3. The second-order valence-corrected chi connectivity index (χ2v) is 2.27. The Morgan fingerprint density at radius 2 is 2.36 bits per heavy atom. The number of amides is 1. The molecule has 11 heavy (non-hydrogen) atoms. The van der Waals surface area contributed by atoms with Gasteiger partial charge in [-0.1, -0.05) is 6.92 Å². The minimum absolute atomic E-state index is 0.470. The van der Waals surface area contributed by atoms with Crippen LogP contribution in [0.3, 0.4) is 0 Å². The molecule has 0 spiro atoms. The van der Waals surface area contributed by atoms with Gasteiger partial charge in [0.15, 0.2) is 0 Å². The zero-order valence-electron chi connectivity index (χ0n) is 6.70. The maximum absolute atomic E-state index is 10.8. The second kappa shape index (κ2) is 4.90. The number of aldehydes is 1. The Balaban J connectivity index is 4.07. The van der Waals surface area contributed by atoms with Crippen molar-refractivity contribution >= 4 is 20.2 Å². The van der Waals surface area contributed by atoms with E-state index < -0.39 is 17.9 Å². The number of carbonyl (C=O) groups excluding carboxylic acids is 2. The lowest BCUT2D eigenvalue weighted by Gasteiger charge is -2.13. The molecule has 2 N–H and O–H groups in total. The third kappa shape index (κ3) is 2.71. The highest BCUT2D eigenvalue weighted by Crippen LogP contribution is 2.04. The Morgan fingerprint density at radius 1 is 1.82 bits per heavy atom. The van der Waals surface area contributed by atoms with Gasteiger partial charge in [-0.05, 0) is 6.42 Å². The van der Waals surface area contributed by atoms with Crippen LogP contribution in [0.2, 0.25) is 0 Å². The van der Waals surface area contributed by atoms with E-state index in [1.54, 1.807) is 6.92 Å². The summed E-state index contributed by atoms with van der Waals surface area (Å²) in [5.41, 5.74) is 0. The Bertz CT molecular complexity index is 151. The van der Waals surface area contributed by atoms with Crippen molar-refractivity contribution in [1.82, 2.24) is 5.23 Å². The molecule has 0 aromatic rings. The van der Waals surface area contributed by atoms with E-state index in [0.717, 1.165) is 0 Å². The minimum Gasteiger partial charge on any atom is -0.404 e. The van der Waals surface area contributed by atoms with E-state index in [9.17, 15) is 9.59 Å². The number of aliphatic hydroxyl groups excluding tert-OH is 1. The van der Waals surface area contributed by atoms with Crippen LogP contribution in [0, 0.1) is 5.92 Å². The number of aliphatic hydroxyl groups is 1. The molecule has 5 heteroatoms. The van der Waals surface area contributed by atoms with Crippen molar-refractivity contribution in [2.75, 3.05) is 0 Å². The molecule has 0 fully saturated rings. The summed E-state index contributed by atoms with van der Waals surface area (Å²) >= 11 is 0. The molecule has 4 nitrogen and oxygen atoms in total. The molecular formula is C6H12BNO3. The Kier molecular flexibility index (Phi) is 4.53. The van der Waals surface area contributed by atoms with Gasteiger partial charge in [0, 0.05) is 5.92 Å². The van der Waals surface area contributed by atoms with Gasteiger partial charge in [-0.15, -0.1) is 0 Å². The summed E-state index contributed by atoms with van der Waals surface area (Å²) in [5.74, 6) is -1.10. The summed E-state index contributed by atoms with van der Waals surface area (Å²) in [6.07, 6.45) is -0.139. The monoisotopic (exact) mass is 157 g/mol. The van der Waals surface area contributed by atoms with Crippen molar-refractivity contribution in [3.63, 3.8) is 0 Å². The minimum atomic E-state index is -1.21. The van der Waals surface area contributed by atoms with Crippen LogP contribution >= 0.6 is 0 Å². The highest BCUT2D eigenvalue weighted by Gasteiger charge is 2.22. The lowest BCUT2D eigenvalue weighted by atomic mass is 10.0. The van der Waals surface area contributed by atoms with Gasteiger partial charge in [0.25, 0.3) is 0 Å². The molecule has 0 saturated carbocycles. The van der Waals surface area contributed by atoms with Gasteiger partial charge in [-0.2, -0.15) is 0 Å². The van der Waals surface area contributed by atoms with Crippen LogP contribution in [-0.4, -0.2) is 31.4 Å². The van der Waals surface area contributed by atoms with Crippen molar-refractivity contribution in [1.29, 1.82) is 0 Å². The van der Waals surface area contributed by atoms with Crippen molar-refractivity contribution in [3.8, 4) is 0 Å². The average molecular weight is 157 g/mol. The fraction of sp³-hybridized carbons (Fsp3) is 0.667. The van der Waals surface area contributed by atoms with E-state index >= 15 is 0 Å². The molecule has 0 rings (SSSR count). The summed E-state index contributed by atoms with van der Waals surface area (Å²) in [4.78, 5) is 21.0. The first-order chi connectivity index (χ1) is 5.17. The van der Waals surface area contributed by atoms with Gasteiger partial charge < -0.3 is 15.1 Å². The third-order valence-corrected chi connectivity index (χ3v) is 1.57. The molecule has 0 aromatic heterocycles. The maximum Gasteiger partial charge on any atom is 0.237 e. The zero-order chi connectivity index (χ0) is 8.85. The smallest absolute Gasteiger partial charge is 0.237 e. The van der Waals surface area contributed by atoms with Crippen LogP contribution in [0.1, 0.15) is 13.3 Å². The summed E-state index contributed by atoms with van der Waals surface area (Å²) in [7, 11) is 1.42. The molecular weight excluding hydrogens is 145 g/mol. The Hall–Kier alpha value is -0.835. The molecule has 0 saturated heterocycles. The van der Waals surface area contributed by atoms with Crippen molar-refractivity contribution in [3.05, 3.63) is 0 Å². The highest BCUT2D eigenvalue weighted by molar-refractivity contribution is 6.15. The van der Waals surface area contributed by atoms with Crippen LogP contribution in [0.15, 0.2) is 0 Å². The van der Waals surface area contributed by atoms with Gasteiger partial charge in [-0.3, -0.25) is 4.79 Å². The van der Waals surface area contributed by atoms with Gasteiger partial charge in [-0.25, -0.2) is 0 Å². The summed E-state index contributed by atoms with van der Waals surface area (Å²) in [6, 6.07) is 0. The van der Waals surface area contributed by atoms with Gasteiger partial charge in [0.05, 0.1) is 0 Å². The lowest BCUT2D eigenvalue weighted by Crippen LogP contribution is -2.38. The summed E-state index contributed by atoms with van der Waals surface area (Å²) in [6.45, 7) is 1.74. The first kappa shape index (κ1) is 10.2. The molecule has 0 heterocycles. The number of rotatable bonds is 4. The zero-order valence-corrected chi connectivity index (χ0v) is 6.70.